The normalized spacial score (nSPS) is 19.2. The predicted octanol–water partition coefficient (Wildman–Crippen LogP) is -2.84. The Hall–Kier alpha value is -5.66. The monoisotopic (exact) mass is 487 g/mol. The lowest BCUT2D eigenvalue weighted by molar-refractivity contribution is -1.05. The second-order valence-corrected chi connectivity index (χ2v) is 5.59. The Kier molecular flexibility index (Phi) is 5.34. The minimum Gasteiger partial charge on any atom is -0.258 e. The van der Waals surface area contributed by atoms with Crippen LogP contribution in [0.2, 0.25) is 0 Å². The van der Waals surface area contributed by atoms with Crippen LogP contribution in [0, 0.1) is 91.0 Å². The van der Waals surface area contributed by atoms with Crippen molar-refractivity contribution in [3.8, 4) is 0 Å². The van der Waals surface area contributed by atoms with Gasteiger partial charge in [0.15, 0.2) is 6.08 Å². The number of hydrogen-bond acceptors (Lipinski definition) is 18. The van der Waals surface area contributed by atoms with Crippen molar-refractivity contribution in [1.82, 2.24) is 0 Å². The zero-order valence-corrected chi connectivity index (χ0v) is 14.5. The van der Waals surface area contributed by atoms with E-state index in [0.29, 0.717) is 0 Å². The van der Waals surface area contributed by atoms with E-state index in [1.54, 1.807) is 0 Å². The summed E-state index contributed by atoms with van der Waals surface area (Å²) in [7, 11) is 0. The highest BCUT2D eigenvalue weighted by Gasteiger charge is 3.26. The smallest absolute Gasteiger partial charge is 0.258 e. The molecule has 0 spiro atoms. The molecular formula is C6HN9O18. The van der Waals surface area contributed by atoms with Gasteiger partial charge in [0.2, 0.25) is 0 Å². The Bertz CT molecular complexity index is 1050. The van der Waals surface area contributed by atoms with Gasteiger partial charge in [-0.25, -0.2) is 0 Å². The van der Waals surface area contributed by atoms with E-state index in [2.05, 4.69) is 0 Å². The van der Waals surface area contributed by atoms with Gasteiger partial charge in [0, 0.05) is 0 Å². The van der Waals surface area contributed by atoms with Crippen molar-refractivity contribution < 1.29 is 44.3 Å². The van der Waals surface area contributed by atoms with Gasteiger partial charge in [-0.2, -0.15) is 0 Å². The van der Waals surface area contributed by atoms with E-state index < -0.39 is 78.7 Å². The number of hydrogen-bond donors (Lipinski definition) is 0. The van der Waals surface area contributed by atoms with Crippen molar-refractivity contribution >= 4 is 0 Å². The Morgan fingerprint density at radius 1 is 0.455 bits per heavy atom. The molecule has 33 heavy (non-hydrogen) atoms. The quantitative estimate of drug-likeness (QED) is 0.179. The summed E-state index contributed by atoms with van der Waals surface area (Å²) in [6.45, 7) is 0. The van der Waals surface area contributed by atoms with Crippen molar-refractivity contribution in [2.45, 2.75) is 22.7 Å². The van der Waals surface area contributed by atoms with E-state index in [1.807, 2.05) is 0 Å². The van der Waals surface area contributed by atoms with Crippen LogP contribution >= 0.6 is 0 Å². The third kappa shape index (κ3) is 2.19. The van der Waals surface area contributed by atoms with Crippen molar-refractivity contribution in [3.05, 3.63) is 103 Å². The van der Waals surface area contributed by atoms with Gasteiger partial charge in [0.25, 0.3) is 0 Å². The molecule has 1 rings (SSSR count). The fourth-order valence-corrected chi connectivity index (χ4v) is 3.35. The van der Waals surface area contributed by atoms with Crippen molar-refractivity contribution in [2.24, 2.45) is 0 Å². The molecule has 0 radical (unpaired) electrons. The summed E-state index contributed by atoms with van der Waals surface area (Å²) in [6.07, 6.45) is -1.55. The van der Waals surface area contributed by atoms with E-state index in [1.165, 1.54) is 0 Å². The first kappa shape index (κ1) is 25.4. The van der Waals surface area contributed by atoms with Crippen LogP contribution in [0.5, 0.6) is 0 Å². The largest absolute Gasteiger partial charge is 0.762 e. The molecule has 0 atom stereocenters. The van der Waals surface area contributed by atoms with E-state index in [9.17, 15) is 91.0 Å². The molecule has 0 N–H and O–H groups in total. The van der Waals surface area contributed by atoms with Crippen molar-refractivity contribution in [3.63, 3.8) is 0 Å². The third-order valence-corrected chi connectivity index (χ3v) is 4.52. The van der Waals surface area contributed by atoms with Gasteiger partial charge in [0.05, 0.1) is 4.92 Å². The highest BCUT2D eigenvalue weighted by atomic mass is 16.8. The van der Waals surface area contributed by atoms with Gasteiger partial charge in [-0.3, -0.25) is 91.0 Å². The molecule has 1 aliphatic rings. The van der Waals surface area contributed by atoms with Crippen LogP contribution in [0.3, 0.4) is 0 Å². The maximum Gasteiger partial charge on any atom is 0.762 e. The molecular weight excluding hydrogens is 486 g/mol. The molecule has 0 bridgehead atoms. The first-order valence-corrected chi connectivity index (χ1v) is 6.88. The molecule has 27 heteroatoms. The average molecular weight is 487 g/mol. The molecule has 0 saturated carbocycles. The molecule has 178 valence electrons. The van der Waals surface area contributed by atoms with Crippen molar-refractivity contribution in [2.75, 3.05) is 0 Å². The highest BCUT2D eigenvalue weighted by Crippen LogP contribution is 2.55. The first-order valence-electron chi connectivity index (χ1n) is 6.88. The summed E-state index contributed by atoms with van der Waals surface area (Å²) in [5, 5.41) is 104. The molecule has 0 aliphatic heterocycles. The molecule has 0 amide bonds. The maximum atomic E-state index is 11.7. The van der Waals surface area contributed by atoms with Crippen LogP contribution in [-0.4, -0.2) is 67.0 Å². The molecule has 0 saturated heterocycles. The van der Waals surface area contributed by atoms with Gasteiger partial charge in [-0.05, 0) is 0 Å². The van der Waals surface area contributed by atoms with E-state index in [4.69, 9.17) is 0 Å². The molecule has 27 nitrogen and oxygen atoms in total. The SMILES string of the molecule is O=[N+]([O-])C1=CC([N+](=O)[O-])([N+](=O)[O-])C([N+](=O)[O-])([N+](=O)[O-])C([N+](=O)[O-])([N+](=O)[O-])C1([N+](=O)[O-])[N+](=O)[O-]. The van der Waals surface area contributed by atoms with Crippen molar-refractivity contribution in [1.29, 1.82) is 0 Å². The third-order valence-electron chi connectivity index (χ3n) is 4.52. The van der Waals surface area contributed by atoms with Gasteiger partial charge in [-0.15, -0.1) is 0 Å². The molecule has 0 fully saturated rings. The number of rotatable bonds is 9. The van der Waals surface area contributed by atoms with E-state index in [0.717, 1.165) is 0 Å². The average Bonchev–Trinajstić information content (AvgIpc) is 2.63. The Morgan fingerprint density at radius 2 is 0.758 bits per heavy atom. The predicted molar refractivity (Wildman–Crippen MR) is 82.0 cm³/mol. The number of nitro groups is 9. The lowest BCUT2D eigenvalue weighted by Crippen LogP contribution is -2.93. The fourth-order valence-electron chi connectivity index (χ4n) is 3.35. The summed E-state index contributed by atoms with van der Waals surface area (Å²) in [4.78, 5) is 77.9. The topological polar surface area (TPSA) is 388 Å². The molecule has 0 aromatic rings. The lowest BCUT2D eigenvalue weighted by Gasteiger charge is -2.30. The van der Waals surface area contributed by atoms with Gasteiger partial charge in [0.1, 0.15) is 39.4 Å². The zero-order chi connectivity index (χ0) is 26.5. The van der Waals surface area contributed by atoms with Crippen LogP contribution in [0.4, 0.5) is 0 Å². The molecule has 0 heterocycles. The number of nitrogens with zero attached hydrogens (tertiary/aromatic N) is 9. The minimum atomic E-state index is -6.50. The summed E-state index contributed by atoms with van der Waals surface area (Å²) in [5.74, 6) is 0. The second kappa shape index (κ2) is 6.95. The summed E-state index contributed by atoms with van der Waals surface area (Å²) in [6, 6.07) is 0. The van der Waals surface area contributed by atoms with Gasteiger partial charge < -0.3 is 0 Å². The van der Waals surface area contributed by atoms with Crippen LogP contribution in [0.25, 0.3) is 0 Å². The van der Waals surface area contributed by atoms with Gasteiger partial charge in [-0.1, -0.05) is 0 Å². The Morgan fingerprint density at radius 3 is 0.939 bits per heavy atom. The zero-order valence-electron chi connectivity index (χ0n) is 14.5. The Balaban J connectivity index is 5.17. The standard InChI is InChI=1S/C6HN9O18/c16-7(17)2-1-3(8(18)19,9(20)21)5(12(26)27,13(28)29)6(14(30)31,15(32)33)4(2,10(22)23)11(24)25/h1H. The minimum absolute atomic E-state index is 1.55. The lowest BCUT2D eigenvalue weighted by atomic mass is 9.68. The Labute approximate surface area is 171 Å². The maximum absolute atomic E-state index is 11.7. The molecule has 0 aromatic heterocycles. The fraction of sp³-hybridized carbons (Fsp3) is 0.667. The molecule has 1 aliphatic carbocycles. The van der Waals surface area contributed by atoms with Crippen LogP contribution < -0.4 is 0 Å². The first-order chi connectivity index (χ1) is 14.8. The molecule has 0 aromatic carbocycles. The summed E-state index contributed by atoms with van der Waals surface area (Å²) in [5.41, 5.74) is -27.9. The van der Waals surface area contributed by atoms with E-state index >= 15 is 0 Å². The van der Waals surface area contributed by atoms with Crippen LogP contribution in [0.15, 0.2) is 11.8 Å². The second-order valence-electron chi connectivity index (χ2n) is 5.59. The summed E-state index contributed by atoms with van der Waals surface area (Å²) < 4.78 is 0. The van der Waals surface area contributed by atoms with E-state index in [-0.39, 0.29) is 0 Å². The van der Waals surface area contributed by atoms with Gasteiger partial charge >= 0.3 is 28.3 Å². The van der Waals surface area contributed by atoms with Crippen LogP contribution in [0.1, 0.15) is 0 Å². The van der Waals surface area contributed by atoms with Crippen LogP contribution in [-0.2, 0) is 0 Å². The summed E-state index contributed by atoms with van der Waals surface area (Å²) >= 11 is 0. The molecule has 0 unspecified atom stereocenters. The highest BCUT2D eigenvalue weighted by molar-refractivity contribution is 5.27.